The molecule has 0 amide bonds. The first-order valence-electron chi connectivity index (χ1n) is 6.43. The van der Waals surface area contributed by atoms with Crippen LogP contribution in [-0.4, -0.2) is 25.8 Å². The van der Waals surface area contributed by atoms with Crippen molar-refractivity contribution in [2.75, 3.05) is 7.05 Å². The van der Waals surface area contributed by atoms with E-state index in [1.54, 1.807) is 17.4 Å². The molecular formula is C12H19BrN2O2S2. The van der Waals surface area contributed by atoms with E-state index in [0.717, 1.165) is 30.6 Å². The summed E-state index contributed by atoms with van der Waals surface area (Å²) in [7, 11) is -1.73. The van der Waals surface area contributed by atoms with Crippen LogP contribution in [0.2, 0.25) is 0 Å². The molecule has 1 saturated carbocycles. The summed E-state index contributed by atoms with van der Waals surface area (Å²) in [4.78, 5) is 1.23. The van der Waals surface area contributed by atoms with Gasteiger partial charge < -0.3 is 5.73 Å². The van der Waals surface area contributed by atoms with Crippen LogP contribution in [0.1, 0.15) is 37.0 Å². The highest BCUT2D eigenvalue weighted by atomic mass is 79.9. The average molecular weight is 367 g/mol. The Balaban J connectivity index is 2.27. The molecule has 1 heterocycles. The van der Waals surface area contributed by atoms with Crippen molar-refractivity contribution in [2.24, 2.45) is 5.73 Å². The van der Waals surface area contributed by atoms with Gasteiger partial charge in [0, 0.05) is 24.5 Å². The van der Waals surface area contributed by atoms with Gasteiger partial charge in [0.1, 0.15) is 4.90 Å². The van der Waals surface area contributed by atoms with E-state index in [-0.39, 0.29) is 6.04 Å². The Labute approximate surface area is 127 Å². The van der Waals surface area contributed by atoms with Crippen LogP contribution in [0.15, 0.2) is 14.7 Å². The lowest BCUT2D eigenvalue weighted by Crippen LogP contribution is -2.38. The van der Waals surface area contributed by atoms with Crippen LogP contribution in [0.25, 0.3) is 0 Å². The third kappa shape index (κ3) is 3.21. The smallest absolute Gasteiger partial charge is 0.245 e. The number of nitrogens with two attached hydrogens (primary N) is 1. The summed E-state index contributed by atoms with van der Waals surface area (Å²) in [5.41, 5.74) is 5.58. The number of hydrogen-bond acceptors (Lipinski definition) is 4. The number of rotatable bonds is 4. The summed E-state index contributed by atoms with van der Waals surface area (Å²) >= 11 is 4.73. The number of hydrogen-bond donors (Lipinski definition) is 1. The lowest BCUT2D eigenvalue weighted by atomic mass is 9.96. The molecule has 0 bridgehead atoms. The Morgan fingerprint density at radius 3 is 2.58 bits per heavy atom. The van der Waals surface area contributed by atoms with E-state index in [4.69, 9.17) is 5.73 Å². The van der Waals surface area contributed by atoms with E-state index >= 15 is 0 Å². The first-order valence-corrected chi connectivity index (χ1v) is 9.48. The maximum Gasteiger partial charge on any atom is 0.245 e. The SMILES string of the molecule is CN(C1CCCCC1)S(=O)(=O)c1cc(CN)sc1Br. The van der Waals surface area contributed by atoms with Crippen LogP contribution in [0.5, 0.6) is 0 Å². The van der Waals surface area contributed by atoms with Crippen molar-refractivity contribution in [1.29, 1.82) is 0 Å². The standard InChI is InChI=1S/C12H19BrN2O2S2/c1-15(9-5-3-2-4-6-9)19(16,17)11-7-10(8-14)18-12(11)13/h7,9H,2-6,8,14H2,1H3. The highest BCUT2D eigenvalue weighted by Crippen LogP contribution is 2.35. The van der Waals surface area contributed by atoms with Gasteiger partial charge in [0.05, 0.1) is 3.79 Å². The molecule has 2 N–H and O–H groups in total. The third-order valence-corrected chi connectivity index (χ3v) is 7.84. The fraction of sp³-hybridized carbons (Fsp3) is 0.667. The molecule has 0 atom stereocenters. The molecule has 4 nitrogen and oxygen atoms in total. The van der Waals surface area contributed by atoms with Gasteiger partial charge in [-0.05, 0) is 34.8 Å². The van der Waals surface area contributed by atoms with Gasteiger partial charge in [-0.3, -0.25) is 0 Å². The zero-order valence-corrected chi connectivity index (χ0v) is 14.2. The second kappa shape index (κ2) is 6.22. The first-order chi connectivity index (χ1) is 8.96. The van der Waals surface area contributed by atoms with E-state index in [0.29, 0.717) is 15.2 Å². The molecule has 108 valence electrons. The Bertz CT molecular complexity index is 536. The van der Waals surface area contributed by atoms with Gasteiger partial charge in [0.25, 0.3) is 0 Å². The average Bonchev–Trinajstić information content (AvgIpc) is 2.81. The Hall–Kier alpha value is 0.0500. The molecule has 19 heavy (non-hydrogen) atoms. The van der Waals surface area contributed by atoms with Crippen LogP contribution < -0.4 is 5.73 Å². The van der Waals surface area contributed by atoms with E-state index in [9.17, 15) is 8.42 Å². The molecule has 0 aromatic carbocycles. The molecule has 1 aromatic heterocycles. The van der Waals surface area contributed by atoms with Gasteiger partial charge in [0.2, 0.25) is 10.0 Å². The minimum absolute atomic E-state index is 0.131. The third-order valence-electron chi connectivity index (χ3n) is 3.65. The molecule has 0 unspecified atom stereocenters. The highest BCUT2D eigenvalue weighted by molar-refractivity contribution is 9.11. The van der Waals surface area contributed by atoms with Crippen LogP contribution in [0.4, 0.5) is 0 Å². The summed E-state index contributed by atoms with van der Waals surface area (Å²) < 4.78 is 27.5. The predicted octanol–water partition coefficient (Wildman–Crippen LogP) is 2.92. The fourth-order valence-corrected chi connectivity index (χ4v) is 6.40. The summed E-state index contributed by atoms with van der Waals surface area (Å²) in [6.45, 7) is 0.367. The Kier molecular flexibility index (Phi) is 5.05. The van der Waals surface area contributed by atoms with E-state index in [2.05, 4.69) is 15.9 Å². The van der Waals surface area contributed by atoms with E-state index in [1.807, 2.05) is 0 Å². The number of thiophene rings is 1. The molecule has 1 aliphatic carbocycles. The molecule has 1 aromatic rings. The molecule has 7 heteroatoms. The molecule has 0 aliphatic heterocycles. The summed E-state index contributed by atoms with van der Waals surface area (Å²) in [5, 5.41) is 0. The maximum atomic E-state index is 12.6. The Morgan fingerprint density at radius 1 is 1.42 bits per heavy atom. The molecular weight excluding hydrogens is 348 g/mol. The maximum absolute atomic E-state index is 12.6. The normalized spacial score (nSPS) is 18.1. The monoisotopic (exact) mass is 366 g/mol. The van der Waals surface area contributed by atoms with Crippen molar-refractivity contribution < 1.29 is 8.42 Å². The van der Waals surface area contributed by atoms with E-state index in [1.165, 1.54) is 17.8 Å². The van der Waals surface area contributed by atoms with Gasteiger partial charge in [0.15, 0.2) is 0 Å². The van der Waals surface area contributed by atoms with Gasteiger partial charge >= 0.3 is 0 Å². The van der Waals surface area contributed by atoms with Gasteiger partial charge in [-0.2, -0.15) is 4.31 Å². The minimum Gasteiger partial charge on any atom is -0.326 e. The number of nitrogens with zero attached hydrogens (tertiary/aromatic N) is 1. The predicted molar refractivity (Wildman–Crippen MR) is 81.7 cm³/mol. The Morgan fingerprint density at radius 2 is 2.05 bits per heavy atom. The summed E-state index contributed by atoms with van der Waals surface area (Å²) in [6.07, 6.45) is 5.36. The van der Waals surface area contributed by atoms with Gasteiger partial charge in [-0.25, -0.2) is 8.42 Å². The van der Waals surface area contributed by atoms with Crippen LogP contribution in [0.3, 0.4) is 0 Å². The van der Waals surface area contributed by atoms with Crippen LogP contribution in [-0.2, 0) is 16.6 Å². The van der Waals surface area contributed by atoms with Crippen molar-refractivity contribution in [3.63, 3.8) is 0 Å². The van der Waals surface area contributed by atoms with Crippen LogP contribution >= 0.6 is 27.3 Å². The summed E-state index contributed by atoms with van der Waals surface area (Å²) in [5.74, 6) is 0. The molecule has 0 saturated heterocycles. The second-order valence-electron chi connectivity index (χ2n) is 4.87. The second-order valence-corrected chi connectivity index (χ2v) is 9.29. The van der Waals surface area contributed by atoms with Crippen molar-refractivity contribution >= 4 is 37.3 Å². The zero-order valence-electron chi connectivity index (χ0n) is 10.9. The van der Waals surface area contributed by atoms with Gasteiger partial charge in [-0.1, -0.05) is 19.3 Å². The molecule has 1 aliphatic rings. The lowest BCUT2D eigenvalue weighted by Gasteiger charge is -2.30. The molecule has 1 fully saturated rings. The fourth-order valence-electron chi connectivity index (χ4n) is 2.47. The number of sulfonamides is 1. The largest absolute Gasteiger partial charge is 0.326 e. The first kappa shape index (κ1) is 15.4. The minimum atomic E-state index is -3.42. The quantitative estimate of drug-likeness (QED) is 0.890. The van der Waals surface area contributed by atoms with Crippen molar-refractivity contribution in [1.82, 2.24) is 4.31 Å². The topological polar surface area (TPSA) is 63.4 Å². The lowest BCUT2D eigenvalue weighted by molar-refractivity contribution is 0.286. The van der Waals surface area contributed by atoms with Crippen LogP contribution in [0, 0.1) is 0 Å². The van der Waals surface area contributed by atoms with Crippen molar-refractivity contribution in [3.8, 4) is 0 Å². The zero-order chi connectivity index (χ0) is 14.0. The van der Waals surface area contributed by atoms with E-state index < -0.39 is 10.0 Å². The van der Waals surface area contributed by atoms with Gasteiger partial charge in [-0.15, -0.1) is 11.3 Å². The van der Waals surface area contributed by atoms with Crippen molar-refractivity contribution in [3.05, 3.63) is 14.7 Å². The molecule has 2 rings (SSSR count). The van der Waals surface area contributed by atoms with Crippen molar-refractivity contribution in [2.45, 2.75) is 49.6 Å². The summed E-state index contributed by atoms with van der Waals surface area (Å²) in [6, 6.07) is 1.82. The highest BCUT2D eigenvalue weighted by Gasteiger charge is 2.31. The number of halogens is 1. The molecule has 0 spiro atoms. The molecule has 0 radical (unpaired) electrons.